The van der Waals surface area contributed by atoms with E-state index in [9.17, 15) is 0 Å². The molecule has 0 atom stereocenters. The Morgan fingerprint density at radius 2 is 1.42 bits per heavy atom. The van der Waals surface area contributed by atoms with Gasteiger partial charge in [0.2, 0.25) is 0 Å². The smallest absolute Gasteiger partial charge is 0.00966 e. The molecular formula is C12H24. The zero-order valence-corrected chi connectivity index (χ0v) is 9.78. The Labute approximate surface area is 78.1 Å². The molecule has 0 aliphatic heterocycles. The van der Waals surface area contributed by atoms with Crippen LogP contribution in [0, 0.1) is 16.7 Å². The summed E-state index contributed by atoms with van der Waals surface area (Å²) in [7, 11) is 0. The van der Waals surface area contributed by atoms with Crippen molar-refractivity contribution in [2.75, 3.05) is 0 Å². The Morgan fingerprint density at radius 1 is 1.08 bits per heavy atom. The molecule has 0 N–H and O–H groups in total. The second-order valence-corrected chi connectivity index (χ2v) is 5.28. The molecule has 0 heteroatoms. The first-order valence-corrected chi connectivity index (χ1v) is 4.80. The van der Waals surface area contributed by atoms with Crippen LogP contribution in [0.25, 0.3) is 0 Å². The Bertz CT molecular complexity index is 170. The zero-order valence-electron chi connectivity index (χ0n) is 9.78. The van der Waals surface area contributed by atoms with E-state index in [4.69, 9.17) is 0 Å². The molecule has 0 nitrogen and oxygen atoms in total. The minimum absolute atomic E-state index is 0.223. The van der Waals surface area contributed by atoms with E-state index in [1.54, 1.807) is 0 Å². The summed E-state index contributed by atoms with van der Waals surface area (Å²) < 4.78 is 0. The van der Waals surface area contributed by atoms with Crippen molar-refractivity contribution in [2.24, 2.45) is 16.7 Å². The van der Waals surface area contributed by atoms with Crippen LogP contribution in [0.2, 0.25) is 0 Å². The first kappa shape index (κ1) is 11.7. The van der Waals surface area contributed by atoms with Crippen LogP contribution in [0.15, 0.2) is 12.2 Å². The molecule has 0 heterocycles. The van der Waals surface area contributed by atoms with Gasteiger partial charge in [0.1, 0.15) is 0 Å². The highest BCUT2D eigenvalue weighted by molar-refractivity contribution is 5.10. The summed E-state index contributed by atoms with van der Waals surface area (Å²) in [6.45, 7) is 20.0. The second-order valence-electron chi connectivity index (χ2n) is 5.28. The predicted octanol–water partition coefficient (Wildman–Crippen LogP) is 4.27. The van der Waals surface area contributed by atoms with E-state index < -0.39 is 0 Å². The molecule has 0 aromatic carbocycles. The van der Waals surface area contributed by atoms with Crippen LogP contribution in [0.1, 0.15) is 48.5 Å². The highest BCUT2D eigenvalue weighted by Crippen LogP contribution is 2.48. The van der Waals surface area contributed by atoms with Gasteiger partial charge in [0, 0.05) is 0 Å². The maximum absolute atomic E-state index is 4.08. The molecule has 0 radical (unpaired) electrons. The Morgan fingerprint density at radius 3 is 1.50 bits per heavy atom. The first-order chi connectivity index (χ1) is 5.14. The SMILES string of the molecule is C=C(C)C(C)(C)C(C)(C)C(C)C. The van der Waals surface area contributed by atoms with Crippen LogP contribution in [-0.4, -0.2) is 0 Å². The van der Waals surface area contributed by atoms with E-state index >= 15 is 0 Å². The minimum atomic E-state index is 0.223. The number of hydrogen-bond donors (Lipinski definition) is 0. The quantitative estimate of drug-likeness (QED) is 0.552. The van der Waals surface area contributed by atoms with Crippen LogP contribution in [-0.2, 0) is 0 Å². The maximum atomic E-state index is 4.08. The molecule has 0 bridgehead atoms. The first-order valence-electron chi connectivity index (χ1n) is 4.80. The van der Waals surface area contributed by atoms with Gasteiger partial charge in [-0.25, -0.2) is 0 Å². The molecule has 0 saturated carbocycles. The summed E-state index contributed by atoms with van der Waals surface area (Å²) in [6, 6.07) is 0. The van der Waals surface area contributed by atoms with Gasteiger partial charge in [-0.05, 0) is 23.7 Å². The molecule has 0 rings (SSSR count). The molecule has 72 valence electrons. The Balaban J connectivity index is 4.88. The Kier molecular flexibility index (Phi) is 3.17. The molecule has 0 aliphatic carbocycles. The second kappa shape index (κ2) is 3.24. The van der Waals surface area contributed by atoms with Gasteiger partial charge in [-0.1, -0.05) is 53.7 Å². The fourth-order valence-electron chi connectivity index (χ4n) is 1.27. The summed E-state index contributed by atoms with van der Waals surface area (Å²) in [5.41, 5.74) is 1.82. The summed E-state index contributed by atoms with van der Waals surface area (Å²) in [4.78, 5) is 0. The van der Waals surface area contributed by atoms with Gasteiger partial charge in [0.15, 0.2) is 0 Å². The van der Waals surface area contributed by atoms with Crippen molar-refractivity contribution >= 4 is 0 Å². The monoisotopic (exact) mass is 168 g/mol. The van der Waals surface area contributed by atoms with E-state index in [1.807, 2.05) is 0 Å². The van der Waals surface area contributed by atoms with Gasteiger partial charge < -0.3 is 0 Å². The maximum Gasteiger partial charge on any atom is -0.00966 e. The minimum Gasteiger partial charge on any atom is -0.0996 e. The molecule has 0 amide bonds. The average molecular weight is 168 g/mol. The van der Waals surface area contributed by atoms with E-state index in [1.165, 1.54) is 5.57 Å². The molecule has 12 heavy (non-hydrogen) atoms. The summed E-state index contributed by atoms with van der Waals surface area (Å²) in [5.74, 6) is 0.684. The lowest BCUT2D eigenvalue weighted by Crippen LogP contribution is -2.37. The lowest BCUT2D eigenvalue weighted by Gasteiger charge is -2.45. The molecule has 0 aromatic heterocycles. The van der Waals surface area contributed by atoms with Gasteiger partial charge in [0.25, 0.3) is 0 Å². The lowest BCUT2D eigenvalue weighted by atomic mass is 9.59. The number of rotatable bonds is 3. The molecule has 0 aliphatic rings. The molecule has 0 spiro atoms. The average Bonchev–Trinajstić information content (AvgIpc) is 1.86. The van der Waals surface area contributed by atoms with Crippen LogP contribution in [0.4, 0.5) is 0 Å². The highest BCUT2D eigenvalue weighted by Gasteiger charge is 2.39. The largest absolute Gasteiger partial charge is 0.0996 e. The third kappa shape index (κ3) is 1.73. The zero-order chi connectivity index (χ0) is 10.2. The predicted molar refractivity (Wildman–Crippen MR) is 57.2 cm³/mol. The fourth-order valence-corrected chi connectivity index (χ4v) is 1.27. The van der Waals surface area contributed by atoms with Gasteiger partial charge in [0.05, 0.1) is 0 Å². The van der Waals surface area contributed by atoms with Crippen molar-refractivity contribution < 1.29 is 0 Å². The topological polar surface area (TPSA) is 0 Å². The van der Waals surface area contributed by atoms with E-state index in [0.29, 0.717) is 11.3 Å². The fraction of sp³-hybridized carbons (Fsp3) is 0.833. The Hall–Kier alpha value is -0.260. The standard InChI is InChI=1S/C12H24/c1-9(2)11(5,6)12(7,8)10(3)4/h10H,1H2,2-8H3. The summed E-state index contributed by atoms with van der Waals surface area (Å²) in [5, 5.41) is 0. The molecular weight excluding hydrogens is 144 g/mol. The summed E-state index contributed by atoms with van der Waals surface area (Å²) >= 11 is 0. The number of hydrogen-bond acceptors (Lipinski definition) is 0. The number of allylic oxidation sites excluding steroid dienone is 1. The van der Waals surface area contributed by atoms with Crippen molar-refractivity contribution in [1.29, 1.82) is 0 Å². The van der Waals surface area contributed by atoms with Crippen molar-refractivity contribution in [3.05, 3.63) is 12.2 Å². The van der Waals surface area contributed by atoms with Crippen LogP contribution >= 0.6 is 0 Å². The normalized spacial score (nSPS) is 13.7. The molecule has 0 aromatic rings. The van der Waals surface area contributed by atoms with E-state index in [-0.39, 0.29) is 5.41 Å². The van der Waals surface area contributed by atoms with Gasteiger partial charge in [-0.3, -0.25) is 0 Å². The molecule has 0 saturated heterocycles. The van der Waals surface area contributed by atoms with E-state index in [2.05, 4.69) is 55.0 Å². The van der Waals surface area contributed by atoms with Gasteiger partial charge >= 0.3 is 0 Å². The summed E-state index contributed by atoms with van der Waals surface area (Å²) in [6.07, 6.45) is 0. The molecule has 0 fully saturated rings. The van der Waals surface area contributed by atoms with Crippen LogP contribution < -0.4 is 0 Å². The van der Waals surface area contributed by atoms with E-state index in [0.717, 1.165) is 0 Å². The van der Waals surface area contributed by atoms with Crippen molar-refractivity contribution in [3.8, 4) is 0 Å². The molecule has 0 unspecified atom stereocenters. The van der Waals surface area contributed by atoms with Gasteiger partial charge in [-0.15, -0.1) is 0 Å². The van der Waals surface area contributed by atoms with Crippen molar-refractivity contribution in [1.82, 2.24) is 0 Å². The van der Waals surface area contributed by atoms with Crippen LogP contribution in [0.5, 0.6) is 0 Å². The van der Waals surface area contributed by atoms with Crippen molar-refractivity contribution in [3.63, 3.8) is 0 Å². The third-order valence-corrected chi connectivity index (χ3v) is 4.12. The van der Waals surface area contributed by atoms with Gasteiger partial charge in [-0.2, -0.15) is 0 Å². The van der Waals surface area contributed by atoms with Crippen LogP contribution in [0.3, 0.4) is 0 Å². The highest BCUT2D eigenvalue weighted by atomic mass is 14.4. The van der Waals surface area contributed by atoms with Crippen molar-refractivity contribution in [2.45, 2.75) is 48.5 Å². The lowest BCUT2D eigenvalue weighted by molar-refractivity contribution is 0.0898. The third-order valence-electron chi connectivity index (χ3n) is 4.12.